The van der Waals surface area contributed by atoms with Crippen molar-refractivity contribution < 1.29 is 9.21 Å². The molecule has 0 aliphatic rings. The summed E-state index contributed by atoms with van der Waals surface area (Å²) >= 11 is 0. The van der Waals surface area contributed by atoms with E-state index in [4.69, 9.17) is 4.42 Å². The van der Waals surface area contributed by atoms with Crippen LogP contribution in [0.15, 0.2) is 41.1 Å². The van der Waals surface area contributed by atoms with Crippen LogP contribution in [0, 0.1) is 20.8 Å². The van der Waals surface area contributed by atoms with Crippen molar-refractivity contribution in [3.63, 3.8) is 0 Å². The largest absolute Gasteiger partial charge is 0.436 e. The zero-order valence-electron chi connectivity index (χ0n) is 13.3. The molecule has 6 nitrogen and oxygen atoms in total. The van der Waals surface area contributed by atoms with Crippen LogP contribution in [-0.4, -0.2) is 20.4 Å². The summed E-state index contributed by atoms with van der Waals surface area (Å²) < 4.78 is 7.40. The summed E-state index contributed by atoms with van der Waals surface area (Å²) in [7, 11) is 0. The van der Waals surface area contributed by atoms with Gasteiger partial charge in [0.05, 0.1) is 12.2 Å². The summed E-state index contributed by atoms with van der Waals surface area (Å²) in [6, 6.07) is 7.69. The zero-order chi connectivity index (χ0) is 16.4. The van der Waals surface area contributed by atoms with E-state index >= 15 is 0 Å². The van der Waals surface area contributed by atoms with Crippen molar-refractivity contribution in [3.8, 4) is 0 Å². The predicted octanol–water partition coefficient (Wildman–Crippen LogP) is 3.10. The first-order valence-corrected chi connectivity index (χ1v) is 7.35. The van der Waals surface area contributed by atoms with Gasteiger partial charge in [0.1, 0.15) is 5.82 Å². The summed E-state index contributed by atoms with van der Waals surface area (Å²) in [5, 5.41) is 2.91. The lowest BCUT2D eigenvalue weighted by molar-refractivity contribution is 0.0994. The molecule has 0 atom stereocenters. The Labute approximate surface area is 134 Å². The fourth-order valence-corrected chi connectivity index (χ4v) is 2.46. The Bertz CT molecular complexity index is 848. The highest BCUT2D eigenvalue weighted by Crippen LogP contribution is 2.19. The second kappa shape index (κ2) is 6.08. The van der Waals surface area contributed by atoms with E-state index in [0.29, 0.717) is 18.1 Å². The van der Waals surface area contributed by atoms with Crippen LogP contribution in [0.3, 0.4) is 0 Å². The number of nitrogens with zero attached hydrogens (tertiary/aromatic N) is 3. The molecule has 3 rings (SSSR count). The number of rotatable bonds is 4. The molecule has 0 aliphatic carbocycles. The van der Waals surface area contributed by atoms with Gasteiger partial charge in [0.2, 0.25) is 5.76 Å². The molecule has 6 heteroatoms. The van der Waals surface area contributed by atoms with Crippen LogP contribution in [-0.2, 0) is 6.54 Å². The van der Waals surface area contributed by atoms with Gasteiger partial charge in [0, 0.05) is 25.0 Å². The molecule has 1 N–H and O–H groups in total. The summed E-state index contributed by atoms with van der Waals surface area (Å²) in [5.41, 5.74) is 2.33. The van der Waals surface area contributed by atoms with E-state index in [0.717, 1.165) is 17.1 Å². The molecular formula is C17H18N4O2. The first-order valence-electron chi connectivity index (χ1n) is 7.35. The summed E-state index contributed by atoms with van der Waals surface area (Å²) in [6.07, 6.45) is 3.68. The molecule has 0 unspecified atom stereocenters. The summed E-state index contributed by atoms with van der Waals surface area (Å²) in [4.78, 5) is 20.8. The molecule has 2 aromatic heterocycles. The third-order valence-corrected chi connectivity index (χ3v) is 3.64. The summed E-state index contributed by atoms with van der Waals surface area (Å²) in [5.74, 6) is 1.36. The smallest absolute Gasteiger partial charge is 0.293 e. The van der Waals surface area contributed by atoms with Crippen LogP contribution in [0.2, 0.25) is 0 Å². The van der Waals surface area contributed by atoms with Gasteiger partial charge in [-0.05, 0) is 25.5 Å². The molecule has 0 bridgehead atoms. The van der Waals surface area contributed by atoms with E-state index in [2.05, 4.69) is 15.3 Å². The number of carbonyl (C=O) groups is 1. The first-order chi connectivity index (χ1) is 11.0. The number of anilines is 1. The Morgan fingerprint density at radius 2 is 2.04 bits per heavy atom. The third-order valence-electron chi connectivity index (χ3n) is 3.64. The molecular weight excluding hydrogens is 292 g/mol. The fraction of sp³-hybridized carbons (Fsp3) is 0.235. The monoisotopic (exact) mass is 310 g/mol. The lowest BCUT2D eigenvalue weighted by Gasteiger charge is -2.12. The molecule has 3 aromatic rings. The van der Waals surface area contributed by atoms with Gasteiger partial charge in [-0.3, -0.25) is 4.79 Å². The Kier molecular flexibility index (Phi) is 3.97. The van der Waals surface area contributed by atoms with Crippen LogP contribution < -0.4 is 5.32 Å². The maximum atomic E-state index is 12.4. The molecule has 1 aromatic carbocycles. The van der Waals surface area contributed by atoms with Crippen molar-refractivity contribution in [1.82, 2.24) is 14.5 Å². The molecule has 0 spiro atoms. The van der Waals surface area contributed by atoms with Crippen LogP contribution in [0.5, 0.6) is 0 Å². The molecule has 0 radical (unpaired) electrons. The molecule has 0 fully saturated rings. The first kappa shape index (κ1) is 15.0. The number of hydrogen-bond acceptors (Lipinski definition) is 4. The molecule has 0 aliphatic heterocycles. The number of imidazole rings is 1. The quantitative estimate of drug-likeness (QED) is 0.803. The molecule has 2 heterocycles. The van der Waals surface area contributed by atoms with E-state index in [1.807, 2.05) is 42.0 Å². The van der Waals surface area contributed by atoms with E-state index < -0.39 is 0 Å². The third kappa shape index (κ3) is 3.15. The van der Waals surface area contributed by atoms with Gasteiger partial charge in [-0.2, -0.15) is 0 Å². The van der Waals surface area contributed by atoms with Crippen molar-refractivity contribution in [1.29, 1.82) is 0 Å². The average molecular weight is 310 g/mol. The average Bonchev–Trinajstić information content (AvgIpc) is 3.06. The van der Waals surface area contributed by atoms with Gasteiger partial charge in [0.25, 0.3) is 5.91 Å². The van der Waals surface area contributed by atoms with Crippen LogP contribution in [0.4, 0.5) is 5.69 Å². The fourth-order valence-electron chi connectivity index (χ4n) is 2.46. The molecule has 0 saturated carbocycles. The Balaban J connectivity index is 1.84. The second-order valence-electron chi connectivity index (χ2n) is 5.36. The zero-order valence-corrected chi connectivity index (χ0v) is 13.3. The van der Waals surface area contributed by atoms with Gasteiger partial charge in [-0.1, -0.05) is 18.2 Å². The van der Waals surface area contributed by atoms with Crippen LogP contribution >= 0.6 is 0 Å². The molecule has 23 heavy (non-hydrogen) atoms. The predicted molar refractivity (Wildman–Crippen MR) is 86.4 cm³/mol. The second-order valence-corrected chi connectivity index (χ2v) is 5.36. The summed E-state index contributed by atoms with van der Waals surface area (Å²) in [6.45, 7) is 6.06. The normalized spacial score (nSPS) is 10.7. The number of para-hydroxylation sites is 1. The van der Waals surface area contributed by atoms with E-state index in [9.17, 15) is 4.79 Å². The van der Waals surface area contributed by atoms with Crippen LogP contribution in [0.25, 0.3) is 0 Å². The number of nitrogens with one attached hydrogen (secondary N) is 1. The van der Waals surface area contributed by atoms with Gasteiger partial charge >= 0.3 is 0 Å². The van der Waals surface area contributed by atoms with E-state index in [1.54, 1.807) is 20.0 Å². The highest BCUT2D eigenvalue weighted by Gasteiger charge is 2.17. The molecule has 0 saturated heterocycles. The topological polar surface area (TPSA) is 73.0 Å². The van der Waals surface area contributed by atoms with Crippen molar-refractivity contribution in [2.75, 3.05) is 5.32 Å². The van der Waals surface area contributed by atoms with Crippen molar-refractivity contribution in [2.24, 2.45) is 0 Å². The lowest BCUT2D eigenvalue weighted by atomic mass is 10.1. The van der Waals surface area contributed by atoms with Gasteiger partial charge in [-0.15, -0.1) is 0 Å². The Hall–Kier alpha value is -2.89. The van der Waals surface area contributed by atoms with Crippen molar-refractivity contribution in [3.05, 3.63) is 65.4 Å². The van der Waals surface area contributed by atoms with E-state index in [1.165, 1.54) is 0 Å². The standard InChI is InChI=1S/C17H18N4O2/c1-11-16(23-13(3)19-11)17(22)20-15-7-5-4-6-14(15)10-21-9-8-18-12(21)2/h4-9H,10H2,1-3H3,(H,20,22). The lowest BCUT2D eigenvalue weighted by Crippen LogP contribution is -2.14. The highest BCUT2D eigenvalue weighted by molar-refractivity contribution is 6.03. The SMILES string of the molecule is Cc1nc(C)c(C(=O)Nc2ccccc2Cn2ccnc2C)o1. The number of amides is 1. The van der Waals surface area contributed by atoms with Crippen LogP contribution in [0.1, 0.15) is 33.5 Å². The highest BCUT2D eigenvalue weighted by atomic mass is 16.4. The number of aryl methyl sites for hydroxylation is 3. The number of carbonyl (C=O) groups excluding carboxylic acids is 1. The maximum Gasteiger partial charge on any atom is 0.293 e. The minimum atomic E-state index is -0.294. The van der Waals surface area contributed by atoms with Gasteiger partial charge in [-0.25, -0.2) is 9.97 Å². The van der Waals surface area contributed by atoms with Crippen molar-refractivity contribution in [2.45, 2.75) is 27.3 Å². The number of benzene rings is 1. The molecule has 118 valence electrons. The Morgan fingerprint density at radius 3 is 2.70 bits per heavy atom. The minimum absolute atomic E-state index is 0.246. The molecule has 1 amide bonds. The Morgan fingerprint density at radius 1 is 1.26 bits per heavy atom. The van der Waals surface area contributed by atoms with Gasteiger partial charge in [0.15, 0.2) is 5.89 Å². The number of aromatic nitrogens is 3. The maximum absolute atomic E-state index is 12.4. The number of oxazole rings is 1. The van der Waals surface area contributed by atoms with Crippen molar-refractivity contribution >= 4 is 11.6 Å². The van der Waals surface area contributed by atoms with E-state index in [-0.39, 0.29) is 11.7 Å². The van der Waals surface area contributed by atoms with Gasteiger partial charge < -0.3 is 14.3 Å². The minimum Gasteiger partial charge on any atom is -0.436 e. The number of hydrogen-bond donors (Lipinski definition) is 1.